The molecule has 0 unspecified atom stereocenters. The maximum absolute atomic E-state index is 5.75. The molecule has 0 aliphatic heterocycles. The van der Waals surface area contributed by atoms with E-state index in [4.69, 9.17) is 10.2 Å². The summed E-state index contributed by atoms with van der Waals surface area (Å²) in [5.74, 6) is 0. The molecule has 3 nitrogen and oxygen atoms in total. The number of aromatic nitrogens is 1. The molecule has 0 fully saturated rings. The third kappa shape index (κ3) is 8.24. The van der Waals surface area contributed by atoms with E-state index in [0.717, 1.165) is 11.3 Å². The van der Waals surface area contributed by atoms with Crippen molar-refractivity contribution in [1.29, 1.82) is 0 Å². The molecule has 0 aliphatic rings. The average Bonchev–Trinajstić information content (AvgIpc) is 2.57. The fraction of sp³-hybridized carbons (Fsp3) is 0.476. The van der Waals surface area contributed by atoms with Crippen molar-refractivity contribution in [3.63, 3.8) is 0 Å². The molecule has 0 saturated heterocycles. The number of nitrogens with zero attached hydrogens (tertiary/aromatic N) is 1. The van der Waals surface area contributed by atoms with Gasteiger partial charge in [0.15, 0.2) is 0 Å². The third-order valence-corrected chi connectivity index (χ3v) is 3.58. The Balaban J connectivity index is 0. The number of pyridine rings is 1. The molecule has 0 aliphatic carbocycles. The van der Waals surface area contributed by atoms with E-state index >= 15 is 0 Å². The molecule has 1 aromatic carbocycles. The molecule has 4 heteroatoms. The smallest absolute Gasteiger partial charge is 0.133 e. The molecule has 146 valence electrons. The van der Waals surface area contributed by atoms with E-state index in [1.165, 1.54) is 25.3 Å². The van der Waals surface area contributed by atoms with Crippen molar-refractivity contribution < 1.29 is 30.3 Å². The van der Waals surface area contributed by atoms with Crippen LogP contribution in [-0.4, -0.2) is 29.4 Å². The van der Waals surface area contributed by atoms with Crippen molar-refractivity contribution in [2.45, 2.75) is 52.4 Å². The van der Waals surface area contributed by atoms with Crippen LogP contribution in [0.3, 0.4) is 0 Å². The first-order chi connectivity index (χ1) is 11.2. The van der Waals surface area contributed by atoms with Gasteiger partial charge in [0.2, 0.25) is 0 Å². The van der Waals surface area contributed by atoms with Crippen molar-refractivity contribution in [3.05, 3.63) is 53.7 Å². The molecule has 0 amide bonds. The Bertz CT molecular complexity index is 597. The van der Waals surface area contributed by atoms with Gasteiger partial charge in [0.1, 0.15) is 14.2 Å². The Morgan fingerprint density at radius 1 is 0.800 bits per heavy atom. The monoisotopic (exact) mass is 525 g/mol. The molecule has 0 saturated carbocycles. The summed E-state index contributed by atoms with van der Waals surface area (Å²) in [5.41, 5.74) is 4.96. The Labute approximate surface area is 166 Å². The Hall–Kier alpha value is -1.06. The van der Waals surface area contributed by atoms with Crippen LogP contribution < -0.4 is 0 Å². The molecule has 0 spiro atoms. The van der Waals surface area contributed by atoms with Crippen molar-refractivity contribution in [2.24, 2.45) is 0 Å². The number of rotatable bonds is 1. The zero-order chi connectivity index (χ0) is 19.0. The van der Waals surface area contributed by atoms with Gasteiger partial charge in [0.25, 0.3) is 0 Å². The quantitative estimate of drug-likeness (QED) is 0.413. The molecule has 4 N–H and O–H groups in total. The van der Waals surface area contributed by atoms with Crippen LogP contribution in [0.2, 0.25) is 0 Å². The summed E-state index contributed by atoms with van der Waals surface area (Å²) >= 11 is 0. The van der Waals surface area contributed by atoms with E-state index in [9.17, 15) is 0 Å². The second-order valence-corrected chi connectivity index (χ2v) is 7.42. The standard InChI is InChI=1S/C19H24N.2CH4O.Ir/c1-18(2,3)15-9-7-14(8-10-15)17-13-16(11-12-20-17)19(4,5)6;2*1-2;/h7,9-13H,1-6H3;2*2H,1H3;/q-1;;;-3/p+2. The van der Waals surface area contributed by atoms with E-state index in [2.05, 4.69) is 82.9 Å². The first-order valence-electron chi connectivity index (χ1n) is 8.17. The minimum Gasteiger partial charge on any atom is -3.00 e. The molecule has 0 bridgehead atoms. The van der Waals surface area contributed by atoms with E-state index < -0.39 is 0 Å². The van der Waals surface area contributed by atoms with Crippen LogP contribution in [0.15, 0.2) is 36.5 Å². The normalized spacial score (nSPS) is 10.5. The maximum Gasteiger partial charge on any atom is 0.133 e. The van der Waals surface area contributed by atoms with E-state index in [1.807, 2.05) is 6.20 Å². The van der Waals surface area contributed by atoms with Crippen molar-refractivity contribution >= 4 is 0 Å². The SMILES string of the molecule is CC(C)(C)c1c[c-]c(-c2cc(C(C)(C)C)ccn2)cc1.C[OH2+].C[OH2+].[Ir-3]. The first kappa shape index (κ1) is 26.2. The van der Waals surface area contributed by atoms with E-state index in [-0.39, 0.29) is 30.9 Å². The van der Waals surface area contributed by atoms with Crippen LogP contribution in [0.4, 0.5) is 0 Å². The summed E-state index contributed by atoms with van der Waals surface area (Å²) in [6.07, 6.45) is 1.89. The zero-order valence-corrected chi connectivity index (χ0v) is 19.1. The van der Waals surface area contributed by atoms with Gasteiger partial charge in [-0.1, -0.05) is 47.6 Å². The van der Waals surface area contributed by atoms with Crippen LogP contribution in [0, 0.1) is 6.07 Å². The molecular weight excluding hydrogens is 490 g/mol. The summed E-state index contributed by atoms with van der Waals surface area (Å²) in [4.78, 5) is 4.48. The molecule has 25 heavy (non-hydrogen) atoms. The molecule has 2 aromatic rings. The van der Waals surface area contributed by atoms with Gasteiger partial charge in [-0.05, 0) is 28.2 Å². The average molecular weight is 525 g/mol. The van der Waals surface area contributed by atoms with Gasteiger partial charge in [-0.15, -0.1) is 35.4 Å². The van der Waals surface area contributed by atoms with Gasteiger partial charge < -0.3 is 35.3 Å². The summed E-state index contributed by atoms with van der Waals surface area (Å²) in [7, 11) is 2.50. The van der Waals surface area contributed by atoms with Crippen molar-refractivity contribution in [1.82, 2.24) is 4.98 Å². The topological polar surface area (TPSA) is 58.7 Å². The van der Waals surface area contributed by atoms with Crippen molar-refractivity contribution in [3.8, 4) is 11.3 Å². The van der Waals surface area contributed by atoms with Gasteiger partial charge in [0, 0.05) is 6.20 Å². The van der Waals surface area contributed by atoms with E-state index in [1.54, 1.807) is 0 Å². The minimum absolute atomic E-state index is 0. The van der Waals surface area contributed by atoms with Crippen molar-refractivity contribution in [2.75, 3.05) is 14.2 Å². The Morgan fingerprint density at radius 2 is 1.32 bits per heavy atom. The molecule has 1 heterocycles. The molecule has 0 radical (unpaired) electrons. The Kier molecular flexibility index (Phi) is 12.1. The van der Waals surface area contributed by atoms with Gasteiger partial charge in [0.05, 0.1) is 0 Å². The number of hydrogen-bond acceptors (Lipinski definition) is 1. The van der Waals surface area contributed by atoms with Crippen LogP contribution >= 0.6 is 0 Å². The Morgan fingerprint density at radius 3 is 1.72 bits per heavy atom. The summed E-state index contributed by atoms with van der Waals surface area (Å²) in [5, 5.41) is 11.5. The van der Waals surface area contributed by atoms with Gasteiger partial charge in [-0.3, -0.25) is 0 Å². The van der Waals surface area contributed by atoms with Crippen LogP contribution in [0.25, 0.3) is 11.3 Å². The predicted molar refractivity (Wildman–Crippen MR) is 105 cm³/mol. The number of hydrogen-bond donors (Lipinski definition) is 0. The van der Waals surface area contributed by atoms with Gasteiger partial charge >= 0.3 is 0 Å². The maximum atomic E-state index is 5.75. The van der Waals surface area contributed by atoms with Crippen LogP contribution in [0.1, 0.15) is 52.7 Å². The molecule has 1 aromatic heterocycles. The molecular formula is C21H34IrNO2-2. The van der Waals surface area contributed by atoms with Gasteiger partial charge in [-0.2, -0.15) is 0 Å². The summed E-state index contributed by atoms with van der Waals surface area (Å²) in [6, 6.07) is 14.0. The number of benzene rings is 1. The second kappa shape index (κ2) is 11.5. The largest absolute Gasteiger partial charge is 3.00 e. The van der Waals surface area contributed by atoms with Gasteiger partial charge in [-0.25, -0.2) is 0 Å². The fourth-order valence-corrected chi connectivity index (χ4v) is 2.10. The predicted octanol–water partition coefficient (Wildman–Crippen LogP) is 3.82. The second-order valence-electron chi connectivity index (χ2n) is 7.42. The van der Waals surface area contributed by atoms with Crippen LogP contribution in [0.5, 0.6) is 0 Å². The van der Waals surface area contributed by atoms with E-state index in [0.29, 0.717) is 0 Å². The summed E-state index contributed by atoms with van der Waals surface area (Å²) in [6.45, 7) is 13.3. The third-order valence-electron chi connectivity index (χ3n) is 3.58. The minimum atomic E-state index is 0. The summed E-state index contributed by atoms with van der Waals surface area (Å²) < 4.78 is 0. The van der Waals surface area contributed by atoms with Crippen LogP contribution in [-0.2, 0) is 30.9 Å². The molecule has 2 rings (SSSR count). The fourth-order valence-electron chi connectivity index (χ4n) is 2.10. The molecule has 0 atom stereocenters. The first-order valence-corrected chi connectivity index (χ1v) is 8.17. The zero-order valence-electron chi connectivity index (χ0n) is 16.7.